The van der Waals surface area contributed by atoms with Crippen LogP contribution in [-0.2, 0) is 17.4 Å². The summed E-state index contributed by atoms with van der Waals surface area (Å²) in [5.74, 6) is -2.96. The molecule has 0 aliphatic carbocycles. The van der Waals surface area contributed by atoms with Gasteiger partial charge in [-0.3, -0.25) is 4.79 Å². The van der Waals surface area contributed by atoms with Crippen molar-refractivity contribution in [3.63, 3.8) is 0 Å². The summed E-state index contributed by atoms with van der Waals surface area (Å²) in [4.78, 5) is 13.2. The highest BCUT2D eigenvalue weighted by Gasteiger charge is 2.35. The fourth-order valence-corrected chi connectivity index (χ4v) is 1.05. The molecule has 0 amide bonds. The molecule has 0 radical (unpaired) electrons. The summed E-state index contributed by atoms with van der Waals surface area (Å²) in [7, 11) is 0. The third-order valence-corrected chi connectivity index (χ3v) is 1.64. The molecular weight excluding hydrogens is 218 g/mol. The Bertz CT molecular complexity index is 389. The number of aromatic nitrogens is 1. The molecule has 0 saturated carbocycles. The molecule has 1 aromatic rings. The van der Waals surface area contributed by atoms with E-state index >= 15 is 0 Å². The van der Waals surface area contributed by atoms with Crippen LogP contribution in [0.5, 0.6) is 0 Å². The molecule has 0 bridgehead atoms. The molecule has 7 heteroatoms. The molecule has 0 fully saturated rings. The summed E-state index contributed by atoms with van der Waals surface area (Å²) in [6, 6.07) is 0.543. The second kappa shape index (κ2) is 3.84. The van der Waals surface area contributed by atoms with E-state index in [9.17, 15) is 22.4 Å². The zero-order chi connectivity index (χ0) is 11.6. The molecule has 1 heterocycles. The molecule has 0 unspecified atom stereocenters. The van der Waals surface area contributed by atoms with Crippen molar-refractivity contribution in [2.24, 2.45) is 0 Å². The Balaban J connectivity index is 3.26. The maximum atomic E-state index is 12.9. The van der Waals surface area contributed by atoms with Gasteiger partial charge in [-0.05, 0) is 6.07 Å². The van der Waals surface area contributed by atoms with E-state index < -0.39 is 35.6 Å². The van der Waals surface area contributed by atoms with E-state index in [1.54, 1.807) is 0 Å². The third-order valence-electron chi connectivity index (χ3n) is 1.64. The van der Waals surface area contributed by atoms with E-state index in [1.807, 2.05) is 0 Å². The van der Waals surface area contributed by atoms with E-state index in [0.717, 1.165) is 0 Å². The zero-order valence-corrected chi connectivity index (χ0v) is 7.18. The number of carboxylic acids is 1. The lowest BCUT2D eigenvalue weighted by molar-refractivity contribution is -0.140. The predicted molar refractivity (Wildman–Crippen MR) is 40.5 cm³/mol. The van der Waals surface area contributed by atoms with Crippen LogP contribution in [0.25, 0.3) is 0 Å². The predicted octanol–water partition coefficient (Wildman–Crippen LogP) is 1.87. The van der Waals surface area contributed by atoms with Crippen molar-refractivity contribution in [3.8, 4) is 0 Å². The highest BCUT2D eigenvalue weighted by Crippen LogP contribution is 2.32. The average molecular weight is 223 g/mol. The first-order valence-electron chi connectivity index (χ1n) is 3.74. The maximum Gasteiger partial charge on any atom is 0.416 e. The number of rotatable bonds is 2. The topological polar surface area (TPSA) is 50.2 Å². The number of alkyl halides is 3. The van der Waals surface area contributed by atoms with Crippen LogP contribution >= 0.6 is 0 Å². The lowest BCUT2D eigenvalue weighted by Crippen LogP contribution is -2.14. The number of halogens is 4. The summed E-state index contributed by atoms with van der Waals surface area (Å²) in [6.07, 6.45) is -5.19. The van der Waals surface area contributed by atoms with Crippen LogP contribution in [0.2, 0.25) is 0 Å². The van der Waals surface area contributed by atoms with Crippen molar-refractivity contribution < 1.29 is 27.5 Å². The van der Waals surface area contributed by atoms with Crippen LogP contribution in [0.4, 0.5) is 17.6 Å². The Morgan fingerprint density at radius 2 is 2.07 bits per heavy atom. The molecule has 0 spiro atoms. The molecule has 0 aromatic carbocycles. The molecule has 0 saturated heterocycles. The number of pyridine rings is 1. The van der Waals surface area contributed by atoms with Gasteiger partial charge in [0, 0.05) is 11.8 Å². The van der Waals surface area contributed by atoms with Gasteiger partial charge in [0.25, 0.3) is 0 Å². The van der Waals surface area contributed by atoms with Crippen molar-refractivity contribution in [2.45, 2.75) is 12.6 Å². The molecule has 0 aliphatic heterocycles. The minimum Gasteiger partial charge on any atom is -0.481 e. The van der Waals surface area contributed by atoms with Crippen molar-refractivity contribution in [2.75, 3.05) is 0 Å². The largest absolute Gasteiger partial charge is 0.481 e. The molecule has 82 valence electrons. The second-order valence-electron chi connectivity index (χ2n) is 2.70. The van der Waals surface area contributed by atoms with Gasteiger partial charge in [0.2, 0.25) is 5.95 Å². The Morgan fingerprint density at radius 3 is 2.53 bits per heavy atom. The van der Waals surface area contributed by atoms with Gasteiger partial charge in [-0.25, -0.2) is 4.98 Å². The third kappa shape index (κ3) is 2.64. The molecule has 1 N–H and O–H groups in total. The Morgan fingerprint density at radius 1 is 1.47 bits per heavy atom. The lowest BCUT2D eigenvalue weighted by atomic mass is 10.1. The minimum absolute atomic E-state index is 0.543. The van der Waals surface area contributed by atoms with Crippen LogP contribution in [-0.4, -0.2) is 16.1 Å². The van der Waals surface area contributed by atoms with E-state index in [2.05, 4.69) is 4.98 Å². The van der Waals surface area contributed by atoms with E-state index in [0.29, 0.717) is 12.3 Å². The molecule has 1 aromatic heterocycles. The minimum atomic E-state index is -4.78. The SMILES string of the molecule is O=C(O)Cc1c(C(F)(F)F)ccnc1F. The average Bonchev–Trinajstić information content (AvgIpc) is 2.05. The summed E-state index contributed by atoms with van der Waals surface area (Å²) in [6.45, 7) is 0. The van der Waals surface area contributed by atoms with Crippen molar-refractivity contribution in [1.82, 2.24) is 4.98 Å². The van der Waals surface area contributed by atoms with Gasteiger partial charge >= 0.3 is 12.1 Å². The monoisotopic (exact) mass is 223 g/mol. The van der Waals surface area contributed by atoms with Gasteiger partial charge < -0.3 is 5.11 Å². The highest BCUT2D eigenvalue weighted by atomic mass is 19.4. The number of aliphatic carboxylic acids is 1. The van der Waals surface area contributed by atoms with Crippen LogP contribution in [0.15, 0.2) is 12.3 Å². The quantitative estimate of drug-likeness (QED) is 0.615. The Kier molecular flexibility index (Phi) is 2.92. The fraction of sp³-hybridized carbons (Fsp3) is 0.250. The van der Waals surface area contributed by atoms with Crippen LogP contribution < -0.4 is 0 Å². The van der Waals surface area contributed by atoms with Crippen LogP contribution in [0.3, 0.4) is 0 Å². The van der Waals surface area contributed by atoms with Gasteiger partial charge in [-0.15, -0.1) is 0 Å². The van der Waals surface area contributed by atoms with E-state index in [1.165, 1.54) is 0 Å². The van der Waals surface area contributed by atoms with Gasteiger partial charge in [-0.2, -0.15) is 17.6 Å². The zero-order valence-electron chi connectivity index (χ0n) is 7.18. The van der Waals surface area contributed by atoms with E-state index in [-0.39, 0.29) is 0 Å². The fourth-order valence-electron chi connectivity index (χ4n) is 1.05. The standard InChI is InChI=1S/C8H5F4NO2/c9-7-4(3-6(14)15)5(1-2-13-7)8(10,11)12/h1-2H,3H2,(H,14,15). The van der Waals surface area contributed by atoms with Crippen LogP contribution in [0, 0.1) is 5.95 Å². The van der Waals surface area contributed by atoms with Crippen molar-refractivity contribution in [1.29, 1.82) is 0 Å². The molecular formula is C8H5F4NO2. The Hall–Kier alpha value is -1.66. The summed E-state index contributed by atoms with van der Waals surface area (Å²) in [5, 5.41) is 8.32. The number of carbonyl (C=O) groups is 1. The van der Waals surface area contributed by atoms with Crippen molar-refractivity contribution >= 4 is 5.97 Å². The summed E-state index contributed by atoms with van der Waals surface area (Å²) >= 11 is 0. The highest BCUT2D eigenvalue weighted by molar-refractivity contribution is 5.70. The lowest BCUT2D eigenvalue weighted by Gasteiger charge is -2.10. The first-order chi connectivity index (χ1) is 6.82. The maximum absolute atomic E-state index is 12.9. The number of hydrogen-bond donors (Lipinski definition) is 1. The molecule has 0 atom stereocenters. The smallest absolute Gasteiger partial charge is 0.416 e. The first-order valence-corrected chi connectivity index (χ1v) is 3.74. The van der Waals surface area contributed by atoms with Gasteiger partial charge in [0.1, 0.15) is 0 Å². The van der Waals surface area contributed by atoms with E-state index in [4.69, 9.17) is 5.11 Å². The van der Waals surface area contributed by atoms with Gasteiger partial charge in [0.15, 0.2) is 0 Å². The number of hydrogen-bond acceptors (Lipinski definition) is 2. The van der Waals surface area contributed by atoms with Gasteiger partial charge in [-0.1, -0.05) is 0 Å². The molecule has 1 rings (SSSR count). The van der Waals surface area contributed by atoms with Crippen LogP contribution in [0.1, 0.15) is 11.1 Å². The molecule has 0 aliphatic rings. The Labute approximate surface area is 81.4 Å². The van der Waals surface area contributed by atoms with Gasteiger partial charge in [0.05, 0.1) is 12.0 Å². The summed E-state index contributed by atoms with van der Waals surface area (Å²) < 4.78 is 49.7. The number of carboxylic acid groups (broad SMARTS) is 1. The number of nitrogens with zero attached hydrogens (tertiary/aromatic N) is 1. The molecule has 15 heavy (non-hydrogen) atoms. The normalized spacial score (nSPS) is 11.5. The second-order valence-corrected chi connectivity index (χ2v) is 2.70. The summed E-state index contributed by atoms with van der Waals surface area (Å²) in [5.41, 5.74) is -2.25. The first kappa shape index (κ1) is 11.4. The molecule has 3 nitrogen and oxygen atoms in total. The van der Waals surface area contributed by atoms with Crippen molar-refractivity contribution in [3.05, 3.63) is 29.3 Å².